The Bertz CT molecular complexity index is 522. The van der Waals surface area contributed by atoms with Crippen LogP contribution in [0.5, 0.6) is 0 Å². The molecular weight excluding hydrogens is 276 g/mol. The van der Waals surface area contributed by atoms with Crippen LogP contribution in [0.1, 0.15) is 25.6 Å². The third kappa shape index (κ3) is 3.57. The molecule has 1 aromatic carbocycles. The second-order valence-electron chi connectivity index (χ2n) is 5.61. The summed E-state index contributed by atoms with van der Waals surface area (Å²) in [5, 5.41) is 2.98. The molecule has 0 aliphatic carbocycles. The van der Waals surface area contributed by atoms with Gasteiger partial charge in [-0.15, -0.1) is 0 Å². The number of likely N-dealkylation sites (N-methyl/N-ethyl adjacent to an activating group) is 1. The third-order valence-electron chi connectivity index (χ3n) is 3.91. The van der Waals surface area contributed by atoms with Gasteiger partial charge >= 0.3 is 0 Å². The second-order valence-corrected chi connectivity index (χ2v) is 5.61. The molecule has 1 saturated heterocycles. The van der Waals surface area contributed by atoms with Crippen LogP contribution in [0, 0.1) is 11.6 Å². The summed E-state index contributed by atoms with van der Waals surface area (Å²) >= 11 is 0. The van der Waals surface area contributed by atoms with Crippen LogP contribution in [0.15, 0.2) is 18.2 Å². The van der Waals surface area contributed by atoms with E-state index in [1.54, 1.807) is 4.90 Å². The molecule has 1 amide bonds. The first-order chi connectivity index (χ1) is 9.90. The average Bonchev–Trinajstić information content (AvgIpc) is 2.77. The Labute approximate surface area is 123 Å². The lowest BCUT2D eigenvalue weighted by molar-refractivity contribution is -0.128. The number of benzene rings is 1. The minimum atomic E-state index is -0.635. The highest BCUT2D eigenvalue weighted by atomic mass is 19.1. The molecule has 4 nitrogen and oxygen atoms in total. The Balaban J connectivity index is 2.13. The molecule has 0 bridgehead atoms. The fraction of sp³-hybridized carbons (Fsp3) is 0.533. The van der Waals surface area contributed by atoms with E-state index in [1.165, 1.54) is 12.1 Å². The Morgan fingerprint density at radius 3 is 2.76 bits per heavy atom. The zero-order valence-electron chi connectivity index (χ0n) is 12.6. The molecule has 1 unspecified atom stereocenters. The van der Waals surface area contributed by atoms with Crippen molar-refractivity contribution in [3.8, 4) is 0 Å². The van der Waals surface area contributed by atoms with Gasteiger partial charge in [0.2, 0.25) is 5.91 Å². The number of amides is 1. The molecule has 1 heterocycles. The number of hydrogen-bond donors (Lipinski definition) is 1. The SMILES string of the molecule is CC(C)N(C)CCN1C(=O)CNC1c1ccc(F)cc1F. The van der Waals surface area contributed by atoms with E-state index in [-0.39, 0.29) is 12.5 Å². The number of hydrogen-bond acceptors (Lipinski definition) is 3. The van der Waals surface area contributed by atoms with Crippen molar-refractivity contribution in [3.05, 3.63) is 35.4 Å². The fourth-order valence-corrected chi connectivity index (χ4v) is 2.32. The van der Waals surface area contributed by atoms with Crippen LogP contribution >= 0.6 is 0 Å². The van der Waals surface area contributed by atoms with E-state index in [0.717, 1.165) is 6.07 Å². The quantitative estimate of drug-likeness (QED) is 0.899. The molecule has 1 aliphatic rings. The van der Waals surface area contributed by atoms with Crippen LogP contribution in [-0.2, 0) is 4.79 Å². The molecular formula is C15H21F2N3O. The highest BCUT2D eigenvalue weighted by Gasteiger charge is 2.33. The van der Waals surface area contributed by atoms with Crippen molar-refractivity contribution >= 4 is 5.91 Å². The van der Waals surface area contributed by atoms with E-state index in [4.69, 9.17) is 0 Å². The Kier molecular flexibility index (Phi) is 4.90. The van der Waals surface area contributed by atoms with Crippen LogP contribution in [0.4, 0.5) is 8.78 Å². The van der Waals surface area contributed by atoms with Crippen LogP contribution in [-0.4, -0.2) is 48.4 Å². The van der Waals surface area contributed by atoms with Gasteiger partial charge in [-0.2, -0.15) is 0 Å². The number of rotatable bonds is 5. The Morgan fingerprint density at radius 1 is 1.43 bits per heavy atom. The van der Waals surface area contributed by atoms with Crippen molar-refractivity contribution in [2.45, 2.75) is 26.1 Å². The molecule has 2 rings (SSSR count). The van der Waals surface area contributed by atoms with Crippen molar-refractivity contribution in [1.82, 2.24) is 15.1 Å². The van der Waals surface area contributed by atoms with Gasteiger partial charge in [0, 0.05) is 30.8 Å². The van der Waals surface area contributed by atoms with E-state index >= 15 is 0 Å². The van der Waals surface area contributed by atoms with Gasteiger partial charge in [0.05, 0.1) is 6.54 Å². The van der Waals surface area contributed by atoms with Crippen LogP contribution < -0.4 is 5.32 Å². The van der Waals surface area contributed by atoms with Gasteiger partial charge in [0.1, 0.15) is 17.8 Å². The summed E-state index contributed by atoms with van der Waals surface area (Å²) in [6.07, 6.45) is -0.529. The topological polar surface area (TPSA) is 35.6 Å². The maximum atomic E-state index is 13.9. The van der Waals surface area contributed by atoms with Gasteiger partial charge < -0.3 is 9.80 Å². The second kappa shape index (κ2) is 6.49. The Hall–Kier alpha value is -1.53. The number of carbonyl (C=O) groups excluding carboxylic acids is 1. The summed E-state index contributed by atoms with van der Waals surface area (Å²) in [5.41, 5.74) is 0.300. The third-order valence-corrected chi connectivity index (χ3v) is 3.91. The van der Waals surface area contributed by atoms with Gasteiger partial charge in [-0.3, -0.25) is 10.1 Å². The zero-order chi connectivity index (χ0) is 15.6. The summed E-state index contributed by atoms with van der Waals surface area (Å²) in [6.45, 7) is 5.52. The number of halogens is 2. The van der Waals surface area contributed by atoms with Gasteiger partial charge in [-0.25, -0.2) is 8.78 Å². The first-order valence-corrected chi connectivity index (χ1v) is 7.08. The van der Waals surface area contributed by atoms with E-state index in [9.17, 15) is 13.6 Å². The average molecular weight is 297 g/mol. The molecule has 0 radical (unpaired) electrons. The number of nitrogens with one attached hydrogen (secondary N) is 1. The van der Waals surface area contributed by atoms with E-state index in [2.05, 4.69) is 24.1 Å². The maximum Gasteiger partial charge on any atom is 0.238 e. The van der Waals surface area contributed by atoms with E-state index in [0.29, 0.717) is 24.7 Å². The van der Waals surface area contributed by atoms with Crippen LogP contribution in [0.25, 0.3) is 0 Å². The molecule has 6 heteroatoms. The largest absolute Gasteiger partial charge is 0.320 e. The molecule has 0 spiro atoms. The predicted molar refractivity (Wildman–Crippen MR) is 76.6 cm³/mol. The molecule has 116 valence electrons. The summed E-state index contributed by atoms with van der Waals surface area (Å²) in [6, 6.07) is 3.82. The lowest BCUT2D eigenvalue weighted by Gasteiger charge is -2.28. The van der Waals surface area contributed by atoms with Crippen molar-refractivity contribution in [3.63, 3.8) is 0 Å². The van der Waals surface area contributed by atoms with Crippen LogP contribution in [0.3, 0.4) is 0 Å². The molecule has 1 atom stereocenters. The predicted octanol–water partition coefficient (Wildman–Crippen LogP) is 1.74. The Morgan fingerprint density at radius 2 is 2.14 bits per heavy atom. The molecule has 1 N–H and O–H groups in total. The maximum absolute atomic E-state index is 13.9. The number of nitrogens with zero attached hydrogens (tertiary/aromatic N) is 2. The molecule has 21 heavy (non-hydrogen) atoms. The smallest absolute Gasteiger partial charge is 0.238 e. The molecule has 0 aromatic heterocycles. The lowest BCUT2D eigenvalue weighted by atomic mass is 10.1. The molecule has 1 fully saturated rings. The summed E-state index contributed by atoms with van der Waals surface area (Å²) in [7, 11) is 1.98. The lowest BCUT2D eigenvalue weighted by Crippen LogP contribution is -2.39. The zero-order valence-corrected chi connectivity index (χ0v) is 12.6. The summed E-state index contributed by atoms with van der Waals surface area (Å²) < 4.78 is 26.9. The summed E-state index contributed by atoms with van der Waals surface area (Å²) in [4.78, 5) is 15.7. The first kappa shape index (κ1) is 15.9. The van der Waals surface area contributed by atoms with Crippen LogP contribution in [0.2, 0.25) is 0 Å². The fourth-order valence-electron chi connectivity index (χ4n) is 2.32. The standard InChI is InChI=1S/C15H21F2N3O/c1-10(2)19(3)6-7-20-14(21)9-18-15(20)12-5-4-11(16)8-13(12)17/h4-5,8,10,15,18H,6-7,9H2,1-3H3. The number of carbonyl (C=O) groups is 1. The summed E-state index contributed by atoms with van der Waals surface area (Å²) in [5.74, 6) is -1.32. The normalized spacial score (nSPS) is 19.1. The van der Waals surface area contributed by atoms with Crippen molar-refractivity contribution < 1.29 is 13.6 Å². The highest BCUT2D eigenvalue weighted by molar-refractivity contribution is 5.81. The van der Waals surface area contributed by atoms with Crippen molar-refractivity contribution in [2.75, 3.05) is 26.7 Å². The van der Waals surface area contributed by atoms with Gasteiger partial charge in [-0.1, -0.05) is 0 Å². The monoisotopic (exact) mass is 297 g/mol. The van der Waals surface area contributed by atoms with Gasteiger partial charge in [0.15, 0.2) is 0 Å². The first-order valence-electron chi connectivity index (χ1n) is 7.08. The molecule has 1 aliphatic heterocycles. The van der Waals surface area contributed by atoms with Gasteiger partial charge in [-0.05, 0) is 33.0 Å². The van der Waals surface area contributed by atoms with Crippen molar-refractivity contribution in [1.29, 1.82) is 0 Å². The minimum Gasteiger partial charge on any atom is -0.320 e. The highest BCUT2D eigenvalue weighted by Crippen LogP contribution is 2.25. The van der Waals surface area contributed by atoms with Gasteiger partial charge in [0.25, 0.3) is 0 Å². The van der Waals surface area contributed by atoms with E-state index < -0.39 is 17.8 Å². The minimum absolute atomic E-state index is 0.0686. The molecule has 0 saturated carbocycles. The van der Waals surface area contributed by atoms with Crippen molar-refractivity contribution in [2.24, 2.45) is 0 Å². The molecule has 1 aromatic rings. The van der Waals surface area contributed by atoms with E-state index in [1.807, 2.05) is 7.05 Å².